The van der Waals surface area contributed by atoms with Gasteiger partial charge in [0, 0.05) is 12.1 Å². The maximum atomic E-state index is 13.5. The number of urea groups is 1. The minimum Gasteiger partial charge on any atom is -0.480 e. The predicted octanol–water partition coefficient (Wildman–Crippen LogP) is 7.22. The van der Waals surface area contributed by atoms with Crippen LogP contribution < -0.4 is 16.0 Å². The van der Waals surface area contributed by atoms with Gasteiger partial charge in [0.2, 0.25) is 9.84 Å². The maximum Gasteiger partial charge on any atom is 0.416 e. The summed E-state index contributed by atoms with van der Waals surface area (Å²) in [5.41, 5.74) is -0.810. The summed E-state index contributed by atoms with van der Waals surface area (Å²) in [5.74, 6) is -2.05. The summed E-state index contributed by atoms with van der Waals surface area (Å²) in [4.78, 5) is 36.7. The predicted molar refractivity (Wildman–Crippen MR) is 166 cm³/mol. The highest BCUT2D eigenvalue weighted by Crippen LogP contribution is 2.36. The summed E-state index contributed by atoms with van der Waals surface area (Å²) >= 11 is 12.1. The number of rotatable bonds is 9. The van der Waals surface area contributed by atoms with Crippen LogP contribution in [0.15, 0.2) is 94.7 Å². The molecule has 0 heterocycles. The number of aliphatic carboxylic acids is 1. The van der Waals surface area contributed by atoms with Gasteiger partial charge in [-0.05, 0) is 66.6 Å². The summed E-state index contributed by atoms with van der Waals surface area (Å²) in [6, 6.07) is 15.2. The van der Waals surface area contributed by atoms with E-state index in [9.17, 15) is 41.1 Å². The Kier molecular flexibility index (Phi) is 10.3. The molecule has 4 aromatic carbocycles. The summed E-state index contributed by atoms with van der Waals surface area (Å²) in [6.07, 6.45) is -5.14. The fraction of sp³-hybridized carbons (Fsp3) is 0.129. The molecule has 0 aliphatic carbocycles. The molecule has 0 unspecified atom stereocenters. The molecule has 15 heteroatoms. The van der Waals surface area contributed by atoms with Gasteiger partial charge in [-0.15, -0.1) is 0 Å². The van der Waals surface area contributed by atoms with Gasteiger partial charge >= 0.3 is 18.2 Å². The number of carbonyl (C=O) groups is 3. The Labute approximate surface area is 271 Å². The molecule has 46 heavy (non-hydrogen) atoms. The van der Waals surface area contributed by atoms with Gasteiger partial charge in [-0.3, -0.25) is 4.79 Å². The molecule has 0 aromatic heterocycles. The number of hydrogen-bond acceptors (Lipinski definition) is 5. The first kappa shape index (κ1) is 34.3. The molecular formula is C31H24Cl2F3N3O6S. The van der Waals surface area contributed by atoms with Crippen molar-refractivity contribution in [2.75, 3.05) is 10.6 Å². The third-order valence-electron chi connectivity index (χ3n) is 6.67. The third kappa shape index (κ3) is 7.97. The first-order valence-electron chi connectivity index (χ1n) is 13.2. The molecule has 4 rings (SSSR count). The number of alkyl halides is 3. The number of carbonyl (C=O) groups excluding carboxylic acids is 2. The van der Waals surface area contributed by atoms with Gasteiger partial charge in [-0.2, -0.15) is 13.2 Å². The van der Waals surface area contributed by atoms with Crippen LogP contribution in [0, 0.1) is 6.92 Å². The molecule has 0 saturated carbocycles. The molecule has 1 atom stereocenters. The van der Waals surface area contributed by atoms with Gasteiger partial charge in [0.15, 0.2) is 0 Å². The Morgan fingerprint density at radius 3 is 2.07 bits per heavy atom. The van der Waals surface area contributed by atoms with E-state index in [0.29, 0.717) is 28.9 Å². The number of aryl methyl sites for hydroxylation is 1. The minimum absolute atomic E-state index is 0.0618. The second kappa shape index (κ2) is 13.8. The van der Waals surface area contributed by atoms with Crippen LogP contribution in [0.2, 0.25) is 10.0 Å². The monoisotopic (exact) mass is 693 g/mol. The van der Waals surface area contributed by atoms with E-state index in [-0.39, 0.29) is 26.9 Å². The quantitative estimate of drug-likeness (QED) is 0.146. The van der Waals surface area contributed by atoms with E-state index in [1.54, 1.807) is 12.1 Å². The molecule has 9 nitrogen and oxygen atoms in total. The molecule has 0 radical (unpaired) electrons. The number of sulfone groups is 1. The fourth-order valence-corrected chi connectivity index (χ4v) is 6.60. The van der Waals surface area contributed by atoms with Crippen molar-refractivity contribution < 1.29 is 41.1 Å². The molecule has 0 spiro atoms. The molecular weight excluding hydrogens is 670 g/mol. The van der Waals surface area contributed by atoms with Gasteiger partial charge < -0.3 is 21.1 Å². The molecule has 4 N–H and O–H groups in total. The van der Waals surface area contributed by atoms with E-state index in [1.807, 2.05) is 0 Å². The molecule has 240 valence electrons. The Hall–Kier alpha value is -4.59. The number of hydrogen-bond donors (Lipinski definition) is 4. The highest BCUT2D eigenvalue weighted by atomic mass is 35.5. The van der Waals surface area contributed by atoms with E-state index in [1.165, 1.54) is 61.5 Å². The third-order valence-corrected chi connectivity index (χ3v) is 9.27. The number of carboxylic acids is 1. The second-order valence-electron chi connectivity index (χ2n) is 9.92. The highest BCUT2D eigenvalue weighted by Gasteiger charge is 2.33. The van der Waals surface area contributed by atoms with Gasteiger partial charge in [0.05, 0.1) is 36.7 Å². The normalized spacial score (nSPS) is 12.2. The highest BCUT2D eigenvalue weighted by molar-refractivity contribution is 7.91. The maximum absolute atomic E-state index is 13.5. The molecule has 3 amide bonds. The Morgan fingerprint density at radius 1 is 0.848 bits per heavy atom. The summed E-state index contributed by atoms with van der Waals surface area (Å²) in [6.45, 7) is 1.50. The van der Waals surface area contributed by atoms with Crippen molar-refractivity contribution >= 4 is 62.3 Å². The lowest BCUT2D eigenvalue weighted by Gasteiger charge is -2.18. The van der Waals surface area contributed by atoms with Crippen LogP contribution in [0.25, 0.3) is 0 Å². The molecule has 0 fully saturated rings. The lowest BCUT2D eigenvalue weighted by atomic mass is 10.1. The van der Waals surface area contributed by atoms with Crippen molar-refractivity contribution in [3.8, 4) is 0 Å². The van der Waals surface area contributed by atoms with E-state index in [0.717, 1.165) is 6.07 Å². The summed E-state index contributed by atoms with van der Waals surface area (Å²) < 4.78 is 67.3. The van der Waals surface area contributed by atoms with Crippen LogP contribution in [0.4, 0.5) is 29.3 Å². The largest absolute Gasteiger partial charge is 0.480 e. The van der Waals surface area contributed by atoms with Crippen molar-refractivity contribution in [2.24, 2.45) is 0 Å². The number of carboxylic acid groups (broad SMARTS) is 1. The van der Waals surface area contributed by atoms with Crippen LogP contribution in [-0.4, -0.2) is 37.5 Å². The average Bonchev–Trinajstić information content (AvgIpc) is 2.97. The zero-order valence-electron chi connectivity index (χ0n) is 23.7. The number of benzene rings is 4. The molecule has 4 aromatic rings. The van der Waals surface area contributed by atoms with Crippen molar-refractivity contribution in [1.82, 2.24) is 5.32 Å². The average molecular weight is 695 g/mol. The molecule has 0 saturated heterocycles. The lowest BCUT2D eigenvalue weighted by molar-refractivity contribution is -0.139. The molecule has 0 aliphatic rings. The van der Waals surface area contributed by atoms with Gasteiger partial charge in [-0.25, -0.2) is 18.0 Å². The lowest BCUT2D eigenvalue weighted by Crippen LogP contribution is -2.44. The summed E-state index contributed by atoms with van der Waals surface area (Å²) in [5, 5.41) is 16.9. The van der Waals surface area contributed by atoms with Crippen LogP contribution >= 0.6 is 23.2 Å². The van der Waals surface area contributed by atoms with E-state index >= 15 is 0 Å². The number of amides is 3. The Balaban J connectivity index is 1.52. The zero-order valence-corrected chi connectivity index (χ0v) is 26.0. The van der Waals surface area contributed by atoms with Crippen molar-refractivity contribution in [1.29, 1.82) is 0 Å². The van der Waals surface area contributed by atoms with E-state index in [4.69, 9.17) is 23.2 Å². The van der Waals surface area contributed by atoms with Gasteiger partial charge in [0.25, 0.3) is 5.91 Å². The molecule has 0 bridgehead atoms. The van der Waals surface area contributed by atoms with Crippen LogP contribution in [-0.2, 0) is 27.2 Å². The number of halogens is 5. The van der Waals surface area contributed by atoms with E-state index in [2.05, 4.69) is 16.0 Å². The summed E-state index contributed by atoms with van der Waals surface area (Å²) in [7, 11) is -4.41. The first-order chi connectivity index (χ1) is 21.6. The second-order valence-corrected chi connectivity index (χ2v) is 12.6. The fourth-order valence-electron chi connectivity index (χ4n) is 4.40. The number of anilines is 2. The van der Waals surface area contributed by atoms with Crippen molar-refractivity contribution in [3.05, 3.63) is 117 Å². The SMILES string of the molecule is Cc1ccccc1S(=O)(=O)c1ccc(C(F)(F)F)cc1NC(=O)N[C@@H](Cc1ccc(NC(=O)c2c(Cl)cccc2Cl)cc1)C(=O)O. The topological polar surface area (TPSA) is 142 Å². The Morgan fingerprint density at radius 2 is 1.48 bits per heavy atom. The van der Waals surface area contributed by atoms with Crippen molar-refractivity contribution in [2.45, 2.75) is 35.4 Å². The zero-order chi connectivity index (χ0) is 33.8. The van der Waals surface area contributed by atoms with Gasteiger partial charge in [-0.1, -0.05) is 59.6 Å². The minimum atomic E-state index is -4.87. The Bertz CT molecular complexity index is 1900. The van der Waals surface area contributed by atoms with Crippen LogP contribution in [0.3, 0.4) is 0 Å². The first-order valence-corrected chi connectivity index (χ1v) is 15.5. The van der Waals surface area contributed by atoms with E-state index < -0.39 is 56.1 Å². The smallest absolute Gasteiger partial charge is 0.416 e. The standard InChI is InChI=1S/C31H24Cl2F3N3O6S/c1-17-5-2-3-8-25(17)46(44,45)26-14-11-19(31(34,35)36)16-23(26)38-30(43)39-24(29(41)42)15-18-9-12-20(13-10-18)37-28(40)27-21(32)6-4-7-22(27)33/h2-14,16,24H,15H2,1H3,(H,37,40)(H,41,42)(H2,38,39,43)/t24-/m0/s1. The van der Waals surface area contributed by atoms with Gasteiger partial charge in [0.1, 0.15) is 6.04 Å². The number of nitrogens with one attached hydrogen (secondary N) is 3. The van der Waals surface area contributed by atoms with Crippen molar-refractivity contribution in [3.63, 3.8) is 0 Å². The van der Waals surface area contributed by atoms with Crippen LogP contribution in [0.5, 0.6) is 0 Å². The molecule has 0 aliphatic heterocycles. The van der Waals surface area contributed by atoms with Crippen LogP contribution in [0.1, 0.15) is 27.0 Å².